The average Bonchev–Trinajstić information content (AvgIpc) is 2.33. The Kier molecular flexibility index (Phi) is 5.87. The largest absolute Gasteiger partial charge is 0.416 e. The predicted octanol–water partition coefficient (Wildman–Crippen LogP) is 0.806. The summed E-state index contributed by atoms with van der Waals surface area (Å²) in [4.78, 5) is 11.3. The number of hydrogen-bond acceptors (Lipinski definition) is 3. The first kappa shape index (κ1) is 15.2. The molecule has 0 radical (unpaired) electrons. The number of nitrogens with one attached hydrogen (secondary N) is 2. The highest BCUT2D eigenvalue weighted by Crippen LogP contribution is 2.19. The summed E-state index contributed by atoms with van der Waals surface area (Å²) in [6.07, 6.45) is -4.18. The second kappa shape index (κ2) is 6.94. The summed E-state index contributed by atoms with van der Waals surface area (Å²) >= 11 is 0. The van der Waals surface area contributed by atoms with E-state index in [9.17, 15) is 18.0 Å². The van der Waals surface area contributed by atoms with Crippen LogP contribution in [0.4, 0.5) is 13.2 Å². The zero-order valence-corrected chi connectivity index (χ0v) is 10.1. The van der Waals surface area contributed by atoms with Gasteiger partial charge in [0.05, 0.1) is 6.54 Å². The molecule has 0 saturated carbocycles. The van der Waals surface area contributed by atoms with Crippen LogP contribution >= 0.6 is 0 Å². The molecule has 2 atom stereocenters. The maximum absolute atomic E-state index is 12.0. The van der Waals surface area contributed by atoms with Crippen LogP contribution in [-0.4, -0.2) is 42.9 Å². The highest BCUT2D eigenvalue weighted by atomic mass is 19.4. The van der Waals surface area contributed by atoms with E-state index in [0.29, 0.717) is 12.3 Å². The summed E-state index contributed by atoms with van der Waals surface area (Å²) < 4.78 is 35.9. The molecule has 0 aromatic heterocycles. The van der Waals surface area contributed by atoms with Gasteiger partial charge in [-0.05, 0) is 38.3 Å². The van der Waals surface area contributed by atoms with Gasteiger partial charge in [-0.1, -0.05) is 0 Å². The first-order valence-corrected chi connectivity index (χ1v) is 6.12. The van der Waals surface area contributed by atoms with Gasteiger partial charge < -0.3 is 15.7 Å². The predicted molar refractivity (Wildman–Crippen MR) is 59.9 cm³/mol. The Morgan fingerprint density at radius 2 is 2.22 bits per heavy atom. The van der Waals surface area contributed by atoms with Gasteiger partial charge in [0.15, 0.2) is 6.10 Å². The average molecular weight is 268 g/mol. The van der Waals surface area contributed by atoms with Crippen LogP contribution in [-0.2, 0) is 4.79 Å². The molecule has 0 spiro atoms. The highest BCUT2D eigenvalue weighted by Gasteiger charge is 2.38. The lowest BCUT2D eigenvalue weighted by Gasteiger charge is -2.22. The van der Waals surface area contributed by atoms with Crippen molar-refractivity contribution in [2.75, 3.05) is 19.6 Å². The molecule has 0 aromatic rings. The molecule has 7 heteroatoms. The first-order chi connectivity index (χ1) is 8.39. The topological polar surface area (TPSA) is 61.4 Å². The van der Waals surface area contributed by atoms with Gasteiger partial charge in [-0.2, -0.15) is 13.2 Å². The Morgan fingerprint density at radius 1 is 1.50 bits per heavy atom. The Balaban J connectivity index is 2.13. The molecule has 106 valence electrons. The monoisotopic (exact) mass is 268 g/mol. The van der Waals surface area contributed by atoms with Crippen molar-refractivity contribution in [1.82, 2.24) is 10.6 Å². The molecular formula is C11H19F3N2O2. The van der Waals surface area contributed by atoms with Gasteiger partial charge >= 0.3 is 6.18 Å². The molecule has 3 N–H and O–H groups in total. The molecule has 0 bridgehead atoms. The number of aliphatic hydroxyl groups excluding tert-OH is 1. The number of carbonyl (C=O) groups is 1. The Morgan fingerprint density at radius 3 is 2.78 bits per heavy atom. The van der Waals surface area contributed by atoms with Crippen LogP contribution in [0.5, 0.6) is 0 Å². The third kappa shape index (κ3) is 5.68. The summed E-state index contributed by atoms with van der Waals surface area (Å²) in [5.74, 6) is -0.0269. The number of amides is 1. The maximum atomic E-state index is 12.0. The molecule has 1 fully saturated rings. The smallest absolute Gasteiger partial charge is 0.382 e. The molecule has 0 aromatic carbocycles. The van der Waals surface area contributed by atoms with Crippen LogP contribution in [0, 0.1) is 5.92 Å². The van der Waals surface area contributed by atoms with Crippen molar-refractivity contribution in [3.05, 3.63) is 0 Å². The highest BCUT2D eigenvalue weighted by molar-refractivity contribution is 5.75. The van der Waals surface area contributed by atoms with E-state index in [2.05, 4.69) is 10.6 Å². The Hall–Kier alpha value is -0.820. The van der Waals surface area contributed by atoms with Crippen LogP contribution in [0.1, 0.15) is 25.7 Å². The fourth-order valence-electron chi connectivity index (χ4n) is 1.92. The lowest BCUT2D eigenvalue weighted by atomic mass is 9.94. The van der Waals surface area contributed by atoms with Gasteiger partial charge in [0.25, 0.3) is 0 Å². The standard InChI is InChI=1S/C11H19F3N2O2/c12-11(13,14)9(17)7-16-10(18)4-3-8-2-1-5-15-6-8/h8-9,15,17H,1-7H2,(H,16,18). The van der Waals surface area contributed by atoms with E-state index < -0.39 is 24.7 Å². The molecule has 1 aliphatic rings. The molecule has 2 unspecified atom stereocenters. The molecular weight excluding hydrogens is 249 g/mol. The minimum atomic E-state index is -4.68. The number of halogens is 3. The lowest BCUT2D eigenvalue weighted by molar-refractivity contribution is -0.201. The van der Waals surface area contributed by atoms with Crippen molar-refractivity contribution in [1.29, 1.82) is 0 Å². The number of hydrogen-bond donors (Lipinski definition) is 3. The van der Waals surface area contributed by atoms with E-state index in [1.165, 1.54) is 0 Å². The van der Waals surface area contributed by atoms with Crippen LogP contribution in [0.25, 0.3) is 0 Å². The lowest BCUT2D eigenvalue weighted by Crippen LogP contribution is -2.41. The molecule has 1 heterocycles. The third-order valence-corrected chi connectivity index (χ3v) is 3.05. The minimum Gasteiger partial charge on any atom is -0.382 e. The van der Waals surface area contributed by atoms with Gasteiger partial charge in [0.1, 0.15) is 0 Å². The molecule has 0 aliphatic carbocycles. The summed E-state index contributed by atoms with van der Waals surface area (Å²) in [7, 11) is 0. The van der Waals surface area contributed by atoms with E-state index in [-0.39, 0.29) is 6.42 Å². The maximum Gasteiger partial charge on any atom is 0.416 e. The van der Waals surface area contributed by atoms with Crippen LogP contribution in [0.3, 0.4) is 0 Å². The van der Waals surface area contributed by atoms with E-state index in [1.54, 1.807) is 0 Å². The fourth-order valence-corrected chi connectivity index (χ4v) is 1.92. The van der Waals surface area contributed by atoms with Crippen molar-refractivity contribution in [3.8, 4) is 0 Å². The van der Waals surface area contributed by atoms with Gasteiger partial charge in [-0.15, -0.1) is 0 Å². The van der Waals surface area contributed by atoms with E-state index in [1.807, 2.05) is 0 Å². The number of aliphatic hydroxyl groups is 1. The second-order valence-electron chi connectivity index (χ2n) is 4.61. The van der Waals surface area contributed by atoms with E-state index in [0.717, 1.165) is 25.9 Å². The molecule has 1 amide bonds. The van der Waals surface area contributed by atoms with Gasteiger partial charge in [-0.3, -0.25) is 4.79 Å². The fraction of sp³-hybridized carbons (Fsp3) is 0.909. The second-order valence-corrected chi connectivity index (χ2v) is 4.61. The molecule has 4 nitrogen and oxygen atoms in total. The molecule has 1 rings (SSSR count). The van der Waals surface area contributed by atoms with E-state index >= 15 is 0 Å². The van der Waals surface area contributed by atoms with Crippen molar-refractivity contribution < 1.29 is 23.1 Å². The zero-order valence-electron chi connectivity index (χ0n) is 10.1. The number of piperidine rings is 1. The zero-order chi connectivity index (χ0) is 13.6. The van der Waals surface area contributed by atoms with Gasteiger partial charge in [-0.25, -0.2) is 0 Å². The molecule has 18 heavy (non-hydrogen) atoms. The summed E-state index contributed by atoms with van der Waals surface area (Å²) in [5, 5.41) is 14.0. The van der Waals surface area contributed by atoms with E-state index in [4.69, 9.17) is 5.11 Å². The van der Waals surface area contributed by atoms with Gasteiger partial charge in [0.2, 0.25) is 5.91 Å². The van der Waals surface area contributed by atoms with Crippen LogP contribution in [0.2, 0.25) is 0 Å². The van der Waals surface area contributed by atoms with Crippen molar-refractivity contribution in [2.24, 2.45) is 5.92 Å². The molecule has 1 aliphatic heterocycles. The summed E-state index contributed by atoms with van der Waals surface area (Å²) in [6, 6.07) is 0. The van der Waals surface area contributed by atoms with Crippen molar-refractivity contribution >= 4 is 5.91 Å². The Bertz CT molecular complexity index is 266. The quantitative estimate of drug-likeness (QED) is 0.691. The van der Waals surface area contributed by atoms with Gasteiger partial charge in [0, 0.05) is 6.42 Å². The summed E-state index contributed by atoms with van der Waals surface area (Å²) in [6.45, 7) is 1.07. The van der Waals surface area contributed by atoms with Crippen LogP contribution < -0.4 is 10.6 Å². The number of alkyl halides is 3. The SMILES string of the molecule is O=C(CCC1CCCNC1)NCC(O)C(F)(F)F. The van der Waals surface area contributed by atoms with Crippen molar-refractivity contribution in [3.63, 3.8) is 0 Å². The summed E-state index contributed by atoms with van der Waals surface area (Å²) in [5.41, 5.74) is 0. The number of rotatable bonds is 5. The van der Waals surface area contributed by atoms with Crippen molar-refractivity contribution in [2.45, 2.75) is 38.0 Å². The normalized spacial score (nSPS) is 22.6. The molecule has 1 saturated heterocycles. The third-order valence-electron chi connectivity index (χ3n) is 3.05. The van der Waals surface area contributed by atoms with Crippen LogP contribution in [0.15, 0.2) is 0 Å². The minimum absolute atomic E-state index is 0.205. The number of carbonyl (C=O) groups excluding carboxylic acids is 1. The Labute approximate surface area is 104 Å². The first-order valence-electron chi connectivity index (χ1n) is 6.12.